The minimum atomic E-state index is -1.74. The molecule has 0 unspecified atom stereocenters. The number of nitrogens with zero attached hydrogens (tertiary/aromatic N) is 1. The fourth-order valence-corrected chi connectivity index (χ4v) is 3.83. The fourth-order valence-electron chi connectivity index (χ4n) is 2.79. The van der Waals surface area contributed by atoms with E-state index in [1.54, 1.807) is 0 Å². The van der Waals surface area contributed by atoms with E-state index >= 15 is 0 Å². The zero-order valence-electron chi connectivity index (χ0n) is 14.8. The number of likely N-dealkylation sites (tertiary alicyclic amines) is 1. The highest BCUT2D eigenvalue weighted by Gasteiger charge is 2.43. The Morgan fingerprint density at radius 3 is 2.57 bits per heavy atom. The van der Waals surface area contributed by atoms with Crippen LogP contribution in [0.3, 0.4) is 0 Å². The summed E-state index contributed by atoms with van der Waals surface area (Å²) in [6, 6.07) is 0. The number of allylic oxidation sites excluding steroid dienone is 1. The van der Waals surface area contributed by atoms with Gasteiger partial charge < -0.3 is 9.33 Å². The van der Waals surface area contributed by atoms with E-state index in [1.165, 1.54) is 0 Å². The first-order valence-electron chi connectivity index (χ1n) is 8.06. The first-order chi connectivity index (χ1) is 9.56. The molecular formula is C17H33NO2Si. The summed E-state index contributed by atoms with van der Waals surface area (Å²) in [6.07, 6.45) is 5.51. The predicted octanol–water partition coefficient (Wildman–Crippen LogP) is 4.21. The summed E-state index contributed by atoms with van der Waals surface area (Å²) in [5, 5.41) is 0.214. The van der Waals surface area contributed by atoms with E-state index in [2.05, 4.69) is 40.4 Å². The molecule has 0 spiro atoms. The van der Waals surface area contributed by atoms with Crippen LogP contribution in [-0.4, -0.2) is 39.3 Å². The number of hydrogen-bond acceptors (Lipinski definition) is 2. The van der Waals surface area contributed by atoms with Gasteiger partial charge in [0.05, 0.1) is 5.41 Å². The zero-order valence-corrected chi connectivity index (χ0v) is 15.8. The van der Waals surface area contributed by atoms with E-state index in [0.29, 0.717) is 6.61 Å². The molecule has 1 aliphatic rings. The Balaban J connectivity index is 2.72. The predicted molar refractivity (Wildman–Crippen MR) is 91.9 cm³/mol. The largest absolute Gasteiger partial charge is 0.417 e. The molecule has 0 aliphatic carbocycles. The van der Waals surface area contributed by atoms with Crippen LogP contribution in [-0.2, 0) is 9.22 Å². The van der Waals surface area contributed by atoms with Gasteiger partial charge in [-0.15, -0.1) is 6.58 Å². The van der Waals surface area contributed by atoms with Gasteiger partial charge in [-0.25, -0.2) is 0 Å². The Hall–Kier alpha value is -0.613. The van der Waals surface area contributed by atoms with Crippen LogP contribution in [0.15, 0.2) is 12.7 Å². The van der Waals surface area contributed by atoms with Gasteiger partial charge in [0.1, 0.15) is 0 Å². The summed E-state index contributed by atoms with van der Waals surface area (Å²) in [5.41, 5.74) is -0.281. The smallest absolute Gasteiger partial charge is 0.228 e. The van der Waals surface area contributed by atoms with E-state index in [1.807, 2.05) is 18.0 Å². The van der Waals surface area contributed by atoms with Crippen molar-refractivity contribution < 1.29 is 9.22 Å². The standard InChI is InChI=1S/C17H33NO2Si/c1-8-10-17(11-9-13-18(5)15(17)19)12-14-20-21(6,7)16(2,3)4/h8H,1,9-14H2,2-7H3/t17-/m1/s1. The normalized spacial score (nSPS) is 24.3. The summed E-state index contributed by atoms with van der Waals surface area (Å²) < 4.78 is 6.29. The molecule has 3 nitrogen and oxygen atoms in total. The second-order valence-corrected chi connectivity index (χ2v) is 12.8. The van der Waals surface area contributed by atoms with Crippen LogP contribution in [0.4, 0.5) is 0 Å². The number of rotatable bonds is 6. The monoisotopic (exact) mass is 311 g/mol. The van der Waals surface area contributed by atoms with Gasteiger partial charge in [0.25, 0.3) is 0 Å². The number of carbonyl (C=O) groups excluding carboxylic acids is 1. The molecule has 1 aliphatic heterocycles. The van der Waals surface area contributed by atoms with Crippen molar-refractivity contribution in [3.63, 3.8) is 0 Å². The molecule has 1 atom stereocenters. The maximum absolute atomic E-state index is 12.6. The van der Waals surface area contributed by atoms with Crippen LogP contribution >= 0.6 is 0 Å². The molecule has 122 valence electrons. The molecule has 1 heterocycles. The van der Waals surface area contributed by atoms with Crippen LogP contribution in [0, 0.1) is 5.41 Å². The van der Waals surface area contributed by atoms with Gasteiger partial charge in [-0.2, -0.15) is 0 Å². The van der Waals surface area contributed by atoms with Crippen molar-refractivity contribution in [2.45, 2.75) is 64.6 Å². The SMILES string of the molecule is C=CC[C@]1(CCO[Si](C)(C)C(C)(C)C)CCCN(C)C1=O. The van der Waals surface area contributed by atoms with Crippen LogP contribution in [0.5, 0.6) is 0 Å². The lowest BCUT2D eigenvalue weighted by atomic mass is 9.74. The zero-order chi connectivity index (χ0) is 16.3. The van der Waals surface area contributed by atoms with E-state index in [0.717, 1.165) is 32.2 Å². The topological polar surface area (TPSA) is 29.5 Å². The Bertz CT molecular complexity index is 387. The van der Waals surface area contributed by atoms with Gasteiger partial charge in [-0.1, -0.05) is 26.8 Å². The quantitative estimate of drug-likeness (QED) is 0.543. The molecule has 0 N–H and O–H groups in total. The molecule has 21 heavy (non-hydrogen) atoms. The van der Waals surface area contributed by atoms with Crippen molar-refractivity contribution in [1.82, 2.24) is 4.90 Å². The lowest BCUT2D eigenvalue weighted by Gasteiger charge is -2.41. The summed E-state index contributed by atoms with van der Waals surface area (Å²) in [4.78, 5) is 14.5. The van der Waals surface area contributed by atoms with Crippen LogP contribution < -0.4 is 0 Å². The molecule has 0 aromatic carbocycles. The van der Waals surface area contributed by atoms with Gasteiger partial charge in [0, 0.05) is 20.2 Å². The summed E-state index contributed by atoms with van der Waals surface area (Å²) in [5.74, 6) is 0.271. The van der Waals surface area contributed by atoms with Gasteiger partial charge >= 0.3 is 0 Å². The molecule has 0 saturated carbocycles. The summed E-state index contributed by atoms with van der Waals surface area (Å²) in [6.45, 7) is 16.7. The minimum Gasteiger partial charge on any atom is -0.417 e. The van der Waals surface area contributed by atoms with E-state index in [-0.39, 0.29) is 16.4 Å². The molecule has 1 rings (SSSR count). The third-order valence-corrected chi connectivity index (χ3v) is 9.87. The van der Waals surface area contributed by atoms with Crippen LogP contribution in [0.2, 0.25) is 18.1 Å². The van der Waals surface area contributed by atoms with Crippen LogP contribution in [0.25, 0.3) is 0 Å². The molecule has 0 radical (unpaired) electrons. The van der Waals surface area contributed by atoms with Crippen molar-refractivity contribution in [3.8, 4) is 0 Å². The molecule has 1 fully saturated rings. The average Bonchev–Trinajstić information content (AvgIpc) is 2.34. The maximum Gasteiger partial charge on any atom is 0.228 e. The molecule has 4 heteroatoms. The highest BCUT2D eigenvalue weighted by Crippen LogP contribution is 2.40. The van der Waals surface area contributed by atoms with E-state index < -0.39 is 8.32 Å². The Morgan fingerprint density at radius 1 is 1.43 bits per heavy atom. The van der Waals surface area contributed by atoms with E-state index in [4.69, 9.17) is 4.43 Å². The Labute approximate surface area is 131 Å². The molecule has 1 saturated heterocycles. The third-order valence-electron chi connectivity index (χ3n) is 5.33. The van der Waals surface area contributed by atoms with Crippen molar-refractivity contribution in [3.05, 3.63) is 12.7 Å². The maximum atomic E-state index is 12.6. The second kappa shape index (κ2) is 6.65. The first-order valence-corrected chi connectivity index (χ1v) is 11.0. The van der Waals surface area contributed by atoms with Crippen molar-refractivity contribution in [2.75, 3.05) is 20.2 Å². The number of hydrogen-bond donors (Lipinski definition) is 0. The number of amides is 1. The lowest BCUT2D eigenvalue weighted by Crippen LogP contribution is -2.48. The number of carbonyl (C=O) groups is 1. The Morgan fingerprint density at radius 2 is 2.05 bits per heavy atom. The molecule has 0 bridgehead atoms. The first kappa shape index (κ1) is 18.4. The third kappa shape index (κ3) is 4.19. The second-order valence-electron chi connectivity index (χ2n) is 7.96. The van der Waals surface area contributed by atoms with Crippen LogP contribution in [0.1, 0.15) is 46.5 Å². The van der Waals surface area contributed by atoms with Gasteiger partial charge in [0.2, 0.25) is 5.91 Å². The molecular weight excluding hydrogens is 278 g/mol. The molecule has 0 aromatic heterocycles. The molecule has 1 amide bonds. The summed E-state index contributed by atoms with van der Waals surface area (Å²) in [7, 11) is 0.176. The van der Waals surface area contributed by atoms with Crippen molar-refractivity contribution in [2.24, 2.45) is 5.41 Å². The fraction of sp³-hybridized carbons (Fsp3) is 0.824. The van der Waals surface area contributed by atoms with E-state index in [9.17, 15) is 4.79 Å². The minimum absolute atomic E-state index is 0.214. The average molecular weight is 312 g/mol. The number of piperidine rings is 1. The van der Waals surface area contributed by atoms with Crippen molar-refractivity contribution in [1.29, 1.82) is 0 Å². The summed E-state index contributed by atoms with van der Waals surface area (Å²) >= 11 is 0. The highest BCUT2D eigenvalue weighted by molar-refractivity contribution is 6.74. The lowest BCUT2D eigenvalue weighted by molar-refractivity contribution is -0.145. The highest BCUT2D eigenvalue weighted by atomic mass is 28.4. The van der Waals surface area contributed by atoms with Gasteiger partial charge in [0.15, 0.2) is 8.32 Å². The Kier molecular flexibility index (Phi) is 5.84. The molecule has 0 aromatic rings. The van der Waals surface area contributed by atoms with Gasteiger partial charge in [-0.05, 0) is 43.8 Å². The van der Waals surface area contributed by atoms with Crippen molar-refractivity contribution >= 4 is 14.2 Å². The van der Waals surface area contributed by atoms with Gasteiger partial charge in [-0.3, -0.25) is 4.79 Å².